The van der Waals surface area contributed by atoms with Crippen molar-refractivity contribution in [3.63, 3.8) is 0 Å². The molecule has 0 saturated carbocycles. The van der Waals surface area contributed by atoms with Gasteiger partial charge in [-0.25, -0.2) is 13.1 Å². The fourth-order valence-electron chi connectivity index (χ4n) is 2.29. The van der Waals surface area contributed by atoms with Gasteiger partial charge in [-0.3, -0.25) is 4.79 Å². The molecule has 0 radical (unpaired) electrons. The summed E-state index contributed by atoms with van der Waals surface area (Å²) in [7, 11) is -3.60. The third-order valence-electron chi connectivity index (χ3n) is 3.70. The lowest BCUT2D eigenvalue weighted by atomic mass is 10.2. The van der Waals surface area contributed by atoms with Crippen molar-refractivity contribution in [3.05, 3.63) is 40.6 Å². The van der Waals surface area contributed by atoms with Crippen LogP contribution in [0.4, 0.5) is 5.69 Å². The summed E-state index contributed by atoms with van der Waals surface area (Å²) in [5.74, 6) is 0.497. The molecule has 24 heavy (non-hydrogen) atoms. The number of anilines is 1. The molecular weight excluding hydrogens is 364 g/mol. The molecule has 1 unspecified atom stereocenters. The molecule has 1 amide bonds. The molecule has 128 valence electrons. The lowest BCUT2D eigenvalue weighted by Crippen LogP contribution is -2.26. The van der Waals surface area contributed by atoms with Crippen molar-refractivity contribution >= 4 is 44.7 Å². The Hall–Kier alpha value is -1.35. The van der Waals surface area contributed by atoms with Crippen LogP contribution in [0.25, 0.3) is 0 Å². The number of rotatable bonds is 5. The van der Waals surface area contributed by atoms with Gasteiger partial charge in [0.15, 0.2) is 0 Å². The van der Waals surface area contributed by atoms with E-state index in [1.807, 2.05) is 24.4 Å². The minimum Gasteiger partial charge on any atom is -0.325 e. The van der Waals surface area contributed by atoms with Crippen LogP contribution in [-0.2, 0) is 21.2 Å². The highest BCUT2D eigenvalue weighted by Crippen LogP contribution is 2.34. The Morgan fingerprint density at radius 1 is 1.33 bits per heavy atom. The maximum atomic E-state index is 12.5. The van der Waals surface area contributed by atoms with E-state index >= 15 is 0 Å². The smallest absolute Gasteiger partial charge is 0.240 e. The molecule has 1 atom stereocenters. The van der Waals surface area contributed by atoms with Crippen LogP contribution in [0, 0.1) is 5.92 Å². The first-order chi connectivity index (χ1) is 11.5. The second kappa shape index (κ2) is 7.26. The van der Waals surface area contributed by atoms with Crippen LogP contribution in [-0.4, -0.2) is 26.6 Å². The highest BCUT2D eigenvalue weighted by atomic mass is 32.2. The van der Waals surface area contributed by atoms with E-state index in [4.69, 9.17) is 0 Å². The maximum Gasteiger partial charge on any atom is 0.240 e. The molecule has 3 rings (SSSR count). The minimum atomic E-state index is -3.60. The molecule has 2 N–H and O–H groups in total. The maximum absolute atomic E-state index is 12.5. The predicted molar refractivity (Wildman–Crippen MR) is 98.2 cm³/mol. The lowest BCUT2D eigenvalue weighted by Gasteiger charge is -2.11. The Morgan fingerprint density at radius 2 is 2.17 bits per heavy atom. The predicted octanol–water partition coefficient (Wildman–Crippen LogP) is 2.95. The molecule has 0 fully saturated rings. The average molecular weight is 383 g/mol. The molecular formula is C16H18N2O3S3. The number of carbonyl (C=O) groups is 1. The van der Waals surface area contributed by atoms with Crippen molar-refractivity contribution in [2.24, 2.45) is 5.92 Å². The Balaban J connectivity index is 1.74. The molecule has 0 aliphatic carbocycles. The van der Waals surface area contributed by atoms with Crippen LogP contribution in [0.1, 0.15) is 11.8 Å². The summed E-state index contributed by atoms with van der Waals surface area (Å²) in [6.07, 6.45) is 0.659. The summed E-state index contributed by atoms with van der Waals surface area (Å²) in [6.45, 7) is 2.20. The number of fused-ring (bicyclic) bond motifs is 1. The van der Waals surface area contributed by atoms with E-state index in [1.165, 1.54) is 6.07 Å². The number of thioether (sulfide) groups is 1. The number of amides is 1. The molecule has 1 aliphatic rings. The summed E-state index contributed by atoms with van der Waals surface area (Å²) in [5, 5.41) is 4.78. The van der Waals surface area contributed by atoms with Gasteiger partial charge in [0.25, 0.3) is 0 Å². The summed E-state index contributed by atoms with van der Waals surface area (Å²) < 4.78 is 27.5. The van der Waals surface area contributed by atoms with Crippen molar-refractivity contribution in [2.45, 2.75) is 23.1 Å². The minimum absolute atomic E-state index is 0.0820. The van der Waals surface area contributed by atoms with Crippen LogP contribution in [0.15, 0.2) is 45.5 Å². The van der Waals surface area contributed by atoms with E-state index in [-0.39, 0.29) is 16.7 Å². The summed E-state index contributed by atoms with van der Waals surface area (Å²) in [5.41, 5.74) is 0.565. The molecule has 1 aromatic carbocycles. The molecule has 8 heteroatoms. The van der Waals surface area contributed by atoms with Gasteiger partial charge in [0.2, 0.25) is 15.9 Å². The van der Waals surface area contributed by atoms with Crippen LogP contribution in [0.3, 0.4) is 0 Å². The largest absolute Gasteiger partial charge is 0.325 e. The lowest BCUT2D eigenvalue weighted by molar-refractivity contribution is -0.118. The Kier molecular flexibility index (Phi) is 5.29. The number of nitrogens with one attached hydrogen (secondary N) is 2. The van der Waals surface area contributed by atoms with Gasteiger partial charge in [-0.2, -0.15) is 0 Å². The first-order valence-corrected chi connectivity index (χ1v) is 10.9. The molecule has 5 nitrogen and oxygen atoms in total. The van der Waals surface area contributed by atoms with E-state index in [1.54, 1.807) is 35.2 Å². The van der Waals surface area contributed by atoms with Crippen LogP contribution >= 0.6 is 23.1 Å². The Morgan fingerprint density at radius 3 is 2.92 bits per heavy atom. The first-order valence-electron chi connectivity index (χ1n) is 7.55. The highest BCUT2D eigenvalue weighted by Gasteiger charge is 2.22. The average Bonchev–Trinajstić information content (AvgIpc) is 3.01. The van der Waals surface area contributed by atoms with Gasteiger partial charge in [0, 0.05) is 28.0 Å². The zero-order valence-electron chi connectivity index (χ0n) is 13.1. The van der Waals surface area contributed by atoms with Crippen LogP contribution in [0.2, 0.25) is 0 Å². The number of carbonyl (C=O) groups excluding carboxylic acids is 1. The van der Waals surface area contributed by atoms with Gasteiger partial charge in [-0.15, -0.1) is 23.1 Å². The summed E-state index contributed by atoms with van der Waals surface area (Å²) >= 11 is 3.17. The number of hydrogen-bond acceptors (Lipinski definition) is 5. The van der Waals surface area contributed by atoms with E-state index in [0.717, 1.165) is 9.77 Å². The number of thiophene rings is 1. The molecule has 2 heterocycles. The van der Waals surface area contributed by atoms with Crippen molar-refractivity contribution in [1.29, 1.82) is 0 Å². The quantitative estimate of drug-likeness (QED) is 0.834. The second-order valence-electron chi connectivity index (χ2n) is 5.59. The van der Waals surface area contributed by atoms with Gasteiger partial charge in [-0.1, -0.05) is 13.0 Å². The fraction of sp³-hybridized carbons (Fsp3) is 0.312. The summed E-state index contributed by atoms with van der Waals surface area (Å²) in [4.78, 5) is 14.2. The van der Waals surface area contributed by atoms with E-state index in [2.05, 4.69) is 10.0 Å². The van der Waals surface area contributed by atoms with E-state index in [9.17, 15) is 13.2 Å². The van der Waals surface area contributed by atoms with E-state index < -0.39 is 10.0 Å². The molecule has 2 aromatic rings. The van der Waals surface area contributed by atoms with Crippen molar-refractivity contribution < 1.29 is 13.2 Å². The third kappa shape index (κ3) is 4.00. The summed E-state index contributed by atoms with van der Waals surface area (Å²) in [6, 6.07) is 8.80. The number of sulfonamides is 1. The molecule has 0 saturated heterocycles. The van der Waals surface area contributed by atoms with Gasteiger partial charge in [0.1, 0.15) is 0 Å². The standard InChI is InChI=1S/C16H18N2O3S3/c1-11-10-23-15-5-4-13(9-14(15)18-16(11)19)24(20,21)17-7-6-12-3-2-8-22-12/h2-5,8-9,11,17H,6-7,10H2,1H3,(H,18,19). The van der Waals surface area contributed by atoms with Crippen LogP contribution < -0.4 is 10.0 Å². The Bertz CT molecular complexity index is 832. The SMILES string of the molecule is CC1CSc2ccc(S(=O)(=O)NCCc3cccs3)cc2NC1=O. The number of benzene rings is 1. The normalized spacial score (nSPS) is 17.9. The Labute approximate surface area is 149 Å². The van der Waals surface area contributed by atoms with Crippen molar-refractivity contribution in [3.8, 4) is 0 Å². The zero-order chi connectivity index (χ0) is 17.2. The van der Waals surface area contributed by atoms with Crippen molar-refractivity contribution in [2.75, 3.05) is 17.6 Å². The number of hydrogen-bond donors (Lipinski definition) is 2. The fourth-order valence-corrected chi connectivity index (χ4v) is 5.07. The zero-order valence-corrected chi connectivity index (χ0v) is 15.6. The topological polar surface area (TPSA) is 75.3 Å². The third-order valence-corrected chi connectivity index (χ3v) is 7.43. The second-order valence-corrected chi connectivity index (χ2v) is 9.45. The first kappa shape index (κ1) is 17.5. The van der Waals surface area contributed by atoms with Gasteiger partial charge in [-0.05, 0) is 36.1 Å². The molecule has 0 spiro atoms. The highest BCUT2D eigenvalue weighted by molar-refractivity contribution is 7.99. The van der Waals surface area contributed by atoms with Gasteiger partial charge in [0.05, 0.1) is 10.6 Å². The van der Waals surface area contributed by atoms with E-state index in [0.29, 0.717) is 24.4 Å². The molecule has 0 bridgehead atoms. The van der Waals surface area contributed by atoms with Gasteiger partial charge < -0.3 is 5.32 Å². The van der Waals surface area contributed by atoms with Crippen molar-refractivity contribution in [1.82, 2.24) is 4.72 Å². The van der Waals surface area contributed by atoms with Crippen LogP contribution in [0.5, 0.6) is 0 Å². The van der Waals surface area contributed by atoms with Gasteiger partial charge >= 0.3 is 0 Å². The monoisotopic (exact) mass is 382 g/mol. The molecule has 1 aliphatic heterocycles. The molecule has 1 aromatic heterocycles.